The second kappa shape index (κ2) is 11.5. The number of nitrogens with zero attached hydrogens (tertiary/aromatic N) is 2. The van der Waals surface area contributed by atoms with Gasteiger partial charge in [-0.15, -0.1) is 0 Å². The molecule has 42 heavy (non-hydrogen) atoms. The fourth-order valence-corrected chi connectivity index (χ4v) is 4.46. The van der Waals surface area contributed by atoms with Crippen LogP contribution in [0.2, 0.25) is 0 Å². The number of anilines is 1. The van der Waals surface area contributed by atoms with Crippen molar-refractivity contribution in [2.24, 2.45) is 0 Å². The van der Waals surface area contributed by atoms with Crippen molar-refractivity contribution in [3.05, 3.63) is 91.6 Å². The van der Waals surface area contributed by atoms with Gasteiger partial charge in [0, 0.05) is 21.8 Å². The summed E-state index contributed by atoms with van der Waals surface area (Å²) in [5.74, 6) is -3.78. The van der Waals surface area contributed by atoms with Crippen LogP contribution in [-0.2, 0) is 18.3 Å². The molecule has 1 N–H and O–H groups in total. The van der Waals surface area contributed by atoms with E-state index >= 15 is 4.39 Å². The molecule has 0 aliphatic heterocycles. The Bertz CT molecular complexity index is 1560. The lowest BCUT2D eigenvalue weighted by atomic mass is 9.89. The topological polar surface area (TPSA) is 82.9 Å². The zero-order valence-corrected chi connectivity index (χ0v) is 22.2. The summed E-state index contributed by atoms with van der Waals surface area (Å²) in [5, 5.41) is 10.9. The van der Waals surface area contributed by atoms with E-state index in [0.717, 1.165) is 47.0 Å². The van der Waals surface area contributed by atoms with Crippen LogP contribution in [-0.4, -0.2) is 29.0 Å². The summed E-state index contributed by atoms with van der Waals surface area (Å²) in [7, 11) is 0. The van der Waals surface area contributed by atoms with Gasteiger partial charge in [0.05, 0.1) is 22.4 Å². The van der Waals surface area contributed by atoms with E-state index < -0.39 is 85.7 Å². The van der Waals surface area contributed by atoms with Crippen molar-refractivity contribution in [3.63, 3.8) is 0 Å². The summed E-state index contributed by atoms with van der Waals surface area (Å²) in [5.41, 5.74) is -13.6. The molecule has 2 aromatic carbocycles. The normalized spacial score (nSPS) is 12.5. The number of carbonyl (C=O) groups is 2. The summed E-state index contributed by atoms with van der Waals surface area (Å²) in [6.45, 7) is 0. The average Bonchev–Trinajstić information content (AvgIpc) is 2.88. The lowest BCUT2D eigenvalue weighted by Crippen LogP contribution is -2.50. The molecule has 0 bridgehead atoms. The van der Waals surface area contributed by atoms with Crippen molar-refractivity contribution in [1.82, 2.24) is 4.98 Å². The SMILES string of the molecule is N#Cc1ccc(C(=O)Nc2cccc(C(=O)Cc3c(I)cc(C(F)(C(F)(F)F)C(F)(F)F)cc3C(F)(F)F)c2F)cn1. The monoisotopic (exact) mass is 721 g/mol. The molecule has 0 fully saturated rings. The Hall–Kier alpha value is -3.82. The van der Waals surface area contributed by atoms with E-state index in [1.165, 1.54) is 12.1 Å². The number of pyridine rings is 1. The minimum Gasteiger partial charge on any atom is -0.319 e. The molecule has 0 saturated heterocycles. The Morgan fingerprint density at radius 1 is 0.929 bits per heavy atom. The van der Waals surface area contributed by atoms with Crippen LogP contribution in [0.4, 0.5) is 54.0 Å². The van der Waals surface area contributed by atoms with Gasteiger partial charge in [-0.3, -0.25) is 9.59 Å². The number of nitrogens with one attached hydrogen (secondary N) is 1. The van der Waals surface area contributed by atoms with Crippen LogP contribution in [0.3, 0.4) is 0 Å². The maximum Gasteiger partial charge on any atom is 0.435 e. The zero-order chi connectivity index (χ0) is 31.8. The molecule has 0 spiro atoms. The van der Waals surface area contributed by atoms with E-state index in [1.807, 2.05) is 0 Å². The highest BCUT2D eigenvalue weighted by Crippen LogP contribution is 2.54. The van der Waals surface area contributed by atoms with Crippen LogP contribution < -0.4 is 5.32 Å². The van der Waals surface area contributed by atoms with E-state index in [9.17, 15) is 53.5 Å². The fraction of sp³-hybridized carbons (Fsp3) is 0.200. The van der Waals surface area contributed by atoms with E-state index in [4.69, 9.17) is 5.26 Å². The summed E-state index contributed by atoms with van der Waals surface area (Å²) in [4.78, 5) is 28.9. The second-order valence-corrected chi connectivity index (χ2v) is 9.56. The third-order valence-corrected chi connectivity index (χ3v) is 6.67. The first-order valence-electron chi connectivity index (χ1n) is 10.9. The highest BCUT2D eigenvalue weighted by atomic mass is 127. The Labute approximate surface area is 241 Å². The van der Waals surface area contributed by atoms with E-state index in [-0.39, 0.29) is 17.3 Å². The highest BCUT2D eigenvalue weighted by molar-refractivity contribution is 14.1. The number of amides is 1. The minimum atomic E-state index is -6.70. The summed E-state index contributed by atoms with van der Waals surface area (Å²) >= 11 is 0.913. The van der Waals surface area contributed by atoms with Gasteiger partial charge in [0.15, 0.2) is 11.6 Å². The summed E-state index contributed by atoms with van der Waals surface area (Å²) < 4.78 is 149. The first kappa shape index (κ1) is 32.7. The molecule has 0 unspecified atom stereocenters. The molecule has 222 valence electrons. The molecule has 5 nitrogen and oxygen atoms in total. The van der Waals surface area contributed by atoms with Crippen LogP contribution in [0.25, 0.3) is 0 Å². The Morgan fingerprint density at radius 2 is 1.55 bits per heavy atom. The van der Waals surface area contributed by atoms with Crippen molar-refractivity contribution >= 4 is 40.0 Å². The van der Waals surface area contributed by atoms with Crippen LogP contribution in [0.1, 0.15) is 43.1 Å². The Morgan fingerprint density at radius 3 is 2.05 bits per heavy atom. The number of hydrogen-bond acceptors (Lipinski definition) is 4. The molecular formula is C25H11F11IN3O2. The smallest absolute Gasteiger partial charge is 0.319 e. The molecule has 0 atom stereocenters. The van der Waals surface area contributed by atoms with Crippen LogP contribution in [0.5, 0.6) is 0 Å². The standard InChI is InChI=1S/C25H11F11IN3O2/c26-20-14(2-1-3-18(20)40-21(42)11-4-5-13(9-38)39-10-11)19(41)8-15-16(23(28,29)30)6-12(7-17(15)37)22(27,24(31,32)33)25(34,35)36/h1-7,10H,8H2,(H,40,42). The number of benzene rings is 2. The number of carbonyl (C=O) groups excluding carboxylic acids is 2. The molecule has 3 rings (SSSR count). The third kappa shape index (κ3) is 6.32. The largest absolute Gasteiger partial charge is 0.435 e. The number of Topliss-reactive ketones (excluding diaryl/α,β-unsaturated/α-hetero) is 1. The summed E-state index contributed by atoms with van der Waals surface area (Å²) in [6.07, 6.45) is -19.5. The lowest BCUT2D eigenvalue weighted by molar-refractivity contribution is -0.348. The predicted molar refractivity (Wildman–Crippen MR) is 130 cm³/mol. The molecule has 1 amide bonds. The molecular weight excluding hydrogens is 710 g/mol. The second-order valence-electron chi connectivity index (χ2n) is 8.40. The molecule has 1 heterocycles. The molecule has 0 aliphatic rings. The van der Waals surface area contributed by atoms with Crippen LogP contribution >= 0.6 is 22.6 Å². The Balaban J connectivity index is 2.02. The van der Waals surface area contributed by atoms with Gasteiger partial charge in [0.25, 0.3) is 5.91 Å². The summed E-state index contributed by atoms with van der Waals surface area (Å²) in [6, 6.07) is 6.05. The highest BCUT2D eigenvalue weighted by Gasteiger charge is 2.73. The zero-order valence-electron chi connectivity index (χ0n) is 20.1. The predicted octanol–water partition coefficient (Wildman–Crippen LogP) is 7.68. The molecule has 0 aliphatic carbocycles. The lowest BCUT2D eigenvalue weighted by Gasteiger charge is -2.31. The molecule has 3 aromatic rings. The average molecular weight is 721 g/mol. The van der Waals surface area contributed by atoms with Crippen molar-refractivity contribution in [2.45, 2.75) is 30.6 Å². The Kier molecular flexibility index (Phi) is 8.92. The molecule has 0 radical (unpaired) electrons. The van der Waals surface area contributed by atoms with Gasteiger partial charge in [0.2, 0.25) is 0 Å². The molecule has 1 aromatic heterocycles. The van der Waals surface area contributed by atoms with Gasteiger partial charge in [-0.25, -0.2) is 13.8 Å². The van der Waals surface area contributed by atoms with E-state index in [0.29, 0.717) is 0 Å². The fourth-order valence-electron chi connectivity index (χ4n) is 3.64. The van der Waals surface area contributed by atoms with Crippen LogP contribution in [0, 0.1) is 20.7 Å². The van der Waals surface area contributed by atoms with E-state index in [2.05, 4.69) is 10.3 Å². The number of aromatic nitrogens is 1. The van der Waals surface area contributed by atoms with Crippen LogP contribution in [0.15, 0.2) is 48.7 Å². The maximum atomic E-state index is 15.1. The third-order valence-electron chi connectivity index (χ3n) is 5.70. The van der Waals surface area contributed by atoms with Crippen molar-refractivity contribution < 1.29 is 57.9 Å². The number of alkyl halides is 10. The molecule has 0 saturated carbocycles. The van der Waals surface area contributed by atoms with Crippen molar-refractivity contribution in [2.75, 3.05) is 5.32 Å². The van der Waals surface area contributed by atoms with Crippen molar-refractivity contribution in [3.8, 4) is 6.07 Å². The quantitative estimate of drug-likeness (QED) is 0.161. The van der Waals surface area contributed by atoms with Gasteiger partial charge < -0.3 is 5.32 Å². The minimum absolute atomic E-state index is 0.0415. The van der Waals surface area contributed by atoms with Gasteiger partial charge >= 0.3 is 24.2 Å². The van der Waals surface area contributed by atoms with E-state index in [1.54, 1.807) is 6.07 Å². The van der Waals surface area contributed by atoms with Gasteiger partial charge in [-0.1, -0.05) is 6.07 Å². The first-order valence-corrected chi connectivity index (χ1v) is 12.0. The van der Waals surface area contributed by atoms with Gasteiger partial charge in [-0.05, 0) is 64.6 Å². The number of hydrogen-bond donors (Lipinski definition) is 1. The van der Waals surface area contributed by atoms with Crippen molar-refractivity contribution in [1.29, 1.82) is 5.26 Å². The maximum absolute atomic E-state index is 15.1. The number of ketones is 1. The van der Waals surface area contributed by atoms with Gasteiger partial charge in [-0.2, -0.15) is 44.8 Å². The molecule has 17 heteroatoms. The number of nitriles is 1. The number of halogens is 12. The number of rotatable bonds is 6. The van der Waals surface area contributed by atoms with Gasteiger partial charge in [0.1, 0.15) is 11.8 Å². The first-order chi connectivity index (χ1) is 19.2.